The van der Waals surface area contributed by atoms with Crippen LogP contribution in [0, 0.1) is 5.82 Å². The highest BCUT2D eigenvalue weighted by molar-refractivity contribution is 6.30. The molecule has 2 aromatic rings. The monoisotopic (exact) mass is 263 g/mol. The highest BCUT2D eigenvalue weighted by Crippen LogP contribution is 2.23. The van der Waals surface area contributed by atoms with E-state index in [2.05, 4.69) is 5.32 Å². The van der Waals surface area contributed by atoms with E-state index in [1.54, 1.807) is 18.2 Å². The van der Waals surface area contributed by atoms with Gasteiger partial charge in [0.2, 0.25) is 0 Å². The summed E-state index contributed by atoms with van der Waals surface area (Å²) in [5.41, 5.74) is 2.52. The molecule has 18 heavy (non-hydrogen) atoms. The van der Waals surface area contributed by atoms with Crippen molar-refractivity contribution in [3.8, 4) is 11.1 Å². The van der Waals surface area contributed by atoms with Gasteiger partial charge in [-0.05, 0) is 35.9 Å². The number of halogens is 2. The maximum atomic E-state index is 13.9. The molecule has 1 N–H and O–H groups in total. The smallest absolute Gasteiger partial charge is 0.128 e. The Kier molecular flexibility index (Phi) is 4.34. The zero-order valence-corrected chi connectivity index (χ0v) is 11.0. The molecule has 0 saturated carbocycles. The first-order valence-corrected chi connectivity index (χ1v) is 6.33. The number of nitrogens with one attached hydrogen (secondary N) is 1. The Labute approximate surface area is 112 Å². The molecule has 0 spiro atoms. The van der Waals surface area contributed by atoms with E-state index >= 15 is 0 Å². The topological polar surface area (TPSA) is 12.0 Å². The van der Waals surface area contributed by atoms with E-state index in [4.69, 9.17) is 11.6 Å². The SMILES string of the molecule is CCNCc1ccc(-c2ccc(Cl)cc2)cc1F. The molecule has 2 aromatic carbocycles. The molecule has 0 amide bonds. The summed E-state index contributed by atoms with van der Waals surface area (Å²) >= 11 is 5.83. The zero-order chi connectivity index (χ0) is 13.0. The van der Waals surface area contributed by atoms with E-state index in [9.17, 15) is 4.39 Å². The maximum Gasteiger partial charge on any atom is 0.128 e. The summed E-state index contributed by atoms with van der Waals surface area (Å²) in [6.45, 7) is 3.39. The second-order valence-electron chi connectivity index (χ2n) is 4.09. The van der Waals surface area contributed by atoms with Crippen LogP contribution >= 0.6 is 11.6 Å². The van der Waals surface area contributed by atoms with Gasteiger partial charge in [0.25, 0.3) is 0 Å². The van der Waals surface area contributed by atoms with Crippen LogP contribution in [0.1, 0.15) is 12.5 Å². The molecular formula is C15H15ClFN. The fourth-order valence-electron chi connectivity index (χ4n) is 1.77. The standard InChI is InChI=1S/C15H15ClFN/c1-2-18-10-13-4-3-12(9-15(13)17)11-5-7-14(16)8-6-11/h3-9,18H,2,10H2,1H3. The van der Waals surface area contributed by atoms with Crippen molar-refractivity contribution >= 4 is 11.6 Å². The Morgan fingerprint density at radius 2 is 1.72 bits per heavy atom. The lowest BCUT2D eigenvalue weighted by Crippen LogP contribution is -2.12. The summed E-state index contributed by atoms with van der Waals surface area (Å²) < 4.78 is 13.9. The first-order chi connectivity index (χ1) is 8.70. The van der Waals surface area contributed by atoms with Gasteiger partial charge in [-0.15, -0.1) is 0 Å². The number of benzene rings is 2. The lowest BCUT2D eigenvalue weighted by molar-refractivity contribution is 0.594. The van der Waals surface area contributed by atoms with Crippen molar-refractivity contribution in [2.24, 2.45) is 0 Å². The summed E-state index contributed by atoms with van der Waals surface area (Å²) in [5, 5.41) is 3.80. The molecular weight excluding hydrogens is 249 g/mol. The third kappa shape index (κ3) is 3.09. The Balaban J connectivity index is 2.25. The lowest BCUT2D eigenvalue weighted by atomic mass is 10.0. The first-order valence-electron chi connectivity index (χ1n) is 5.96. The van der Waals surface area contributed by atoms with E-state index < -0.39 is 0 Å². The third-order valence-corrected chi connectivity index (χ3v) is 3.05. The van der Waals surface area contributed by atoms with Crippen molar-refractivity contribution in [3.05, 3.63) is 58.9 Å². The second kappa shape index (κ2) is 5.98. The number of hydrogen-bond donors (Lipinski definition) is 1. The molecule has 0 bridgehead atoms. The van der Waals surface area contributed by atoms with Crippen LogP contribution in [0.2, 0.25) is 5.02 Å². The van der Waals surface area contributed by atoms with Gasteiger partial charge >= 0.3 is 0 Å². The van der Waals surface area contributed by atoms with Crippen molar-refractivity contribution < 1.29 is 4.39 Å². The molecule has 0 heterocycles. The minimum Gasteiger partial charge on any atom is -0.313 e. The van der Waals surface area contributed by atoms with Crippen molar-refractivity contribution in [2.45, 2.75) is 13.5 Å². The summed E-state index contributed by atoms with van der Waals surface area (Å²) in [5.74, 6) is -0.177. The fraction of sp³-hybridized carbons (Fsp3) is 0.200. The molecule has 0 fully saturated rings. The van der Waals surface area contributed by atoms with Crippen LogP contribution < -0.4 is 5.32 Å². The van der Waals surface area contributed by atoms with Gasteiger partial charge in [-0.25, -0.2) is 4.39 Å². The van der Waals surface area contributed by atoms with Crippen LogP contribution in [0.15, 0.2) is 42.5 Å². The molecule has 0 aliphatic heterocycles. The molecule has 94 valence electrons. The number of hydrogen-bond acceptors (Lipinski definition) is 1. The summed E-state index contributed by atoms with van der Waals surface area (Å²) in [7, 11) is 0. The molecule has 0 saturated heterocycles. The van der Waals surface area contributed by atoms with Crippen molar-refractivity contribution in [1.29, 1.82) is 0 Å². The van der Waals surface area contributed by atoms with Gasteiger partial charge in [-0.2, -0.15) is 0 Å². The molecule has 0 aliphatic rings. The van der Waals surface area contributed by atoms with Crippen LogP contribution in [0.4, 0.5) is 4.39 Å². The van der Waals surface area contributed by atoms with E-state index in [-0.39, 0.29) is 5.82 Å². The molecule has 0 aliphatic carbocycles. The van der Waals surface area contributed by atoms with Gasteiger partial charge in [0.05, 0.1) is 0 Å². The third-order valence-electron chi connectivity index (χ3n) is 2.80. The fourth-order valence-corrected chi connectivity index (χ4v) is 1.90. The number of rotatable bonds is 4. The van der Waals surface area contributed by atoms with Gasteiger partial charge in [0, 0.05) is 17.1 Å². The lowest BCUT2D eigenvalue weighted by Gasteiger charge is -2.07. The zero-order valence-electron chi connectivity index (χ0n) is 10.2. The van der Waals surface area contributed by atoms with Gasteiger partial charge < -0.3 is 5.32 Å². The molecule has 0 radical (unpaired) electrons. The summed E-state index contributed by atoms with van der Waals surface area (Å²) in [4.78, 5) is 0. The van der Waals surface area contributed by atoms with Crippen molar-refractivity contribution in [1.82, 2.24) is 5.32 Å². The van der Waals surface area contributed by atoms with Crippen LogP contribution in [0.25, 0.3) is 11.1 Å². The van der Waals surface area contributed by atoms with E-state index in [1.807, 2.05) is 31.2 Å². The summed E-state index contributed by atoms with van der Waals surface area (Å²) in [6, 6.07) is 12.7. The Morgan fingerprint density at radius 1 is 1.06 bits per heavy atom. The van der Waals surface area contributed by atoms with Crippen LogP contribution in [0.5, 0.6) is 0 Å². The minimum atomic E-state index is -0.177. The van der Waals surface area contributed by atoms with Crippen LogP contribution in [-0.4, -0.2) is 6.54 Å². The van der Waals surface area contributed by atoms with E-state index in [0.29, 0.717) is 17.1 Å². The molecule has 3 heteroatoms. The Bertz CT molecular complexity index is 523. The second-order valence-corrected chi connectivity index (χ2v) is 4.53. The highest BCUT2D eigenvalue weighted by Gasteiger charge is 2.04. The molecule has 0 aromatic heterocycles. The molecule has 1 nitrogen and oxygen atoms in total. The predicted molar refractivity (Wildman–Crippen MR) is 74.2 cm³/mol. The van der Waals surface area contributed by atoms with Gasteiger partial charge in [-0.3, -0.25) is 0 Å². The Morgan fingerprint density at radius 3 is 2.33 bits per heavy atom. The quantitative estimate of drug-likeness (QED) is 0.869. The van der Waals surface area contributed by atoms with Gasteiger partial charge in [0.15, 0.2) is 0 Å². The van der Waals surface area contributed by atoms with E-state index in [1.165, 1.54) is 0 Å². The van der Waals surface area contributed by atoms with Gasteiger partial charge in [0.1, 0.15) is 5.82 Å². The average molecular weight is 264 g/mol. The summed E-state index contributed by atoms with van der Waals surface area (Å²) in [6.07, 6.45) is 0. The first kappa shape index (κ1) is 13.1. The molecule has 2 rings (SSSR count). The maximum absolute atomic E-state index is 13.9. The van der Waals surface area contributed by atoms with Crippen LogP contribution in [0.3, 0.4) is 0 Å². The average Bonchev–Trinajstić information content (AvgIpc) is 2.38. The molecule has 0 atom stereocenters. The Hall–Kier alpha value is -1.38. The molecule has 0 unspecified atom stereocenters. The normalized spacial score (nSPS) is 10.6. The van der Waals surface area contributed by atoms with Crippen molar-refractivity contribution in [2.75, 3.05) is 6.54 Å². The van der Waals surface area contributed by atoms with Crippen molar-refractivity contribution in [3.63, 3.8) is 0 Å². The predicted octanol–water partition coefficient (Wildman–Crippen LogP) is 4.26. The van der Waals surface area contributed by atoms with Gasteiger partial charge in [-0.1, -0.05) is 42.8 Å². The largest absolute Gasteiger partial charge is 0.313 e. The van der Waals surface area contributed by atoms with Crippen LogP contribution in [-0.2, 0) is 6.54 Å². The minimum absolute atomic E-state index is 0.177. The van der Waals surface area contributed by atoms with E-state index in [0.717, 1.165) is 17.7 Å². The highest BCUT2D eigenvalue weighted by atomic mass is 35.5.